The maximum Gasteiger partial charge on any atom is 0.246 e. The third-order valence-electron chi connectivity index (χ3n) is 7.41. The molecule has 0 aliphatic heterocycles. The van der Waals surface area contributed by atoms with Crippen LogP contribution in [0.5, 0.6) is 11.5 Å². The number of nitrogens with zero attached hydrogens (tertiary/aromatic N) is 8. The van der Waals surface area contributed by atoms with E-state index >= 15 is 0 Å². The van der Waals surface area contributed by atoms with Crippen molar-refractivity contribution in [2.75, 3.05) is 25.1 Å². The van der Waals surface area contributed by atoms with Gasteiger partial charge in [0.05, 0.1) is 19.9 Å². The van der Waals surface area contributed by atoms with E-state index in [-0.39, 0.29) is 18.2 Å². The van der Waals surface area contributed by atoms with Crippen molar-refractivity contribution in [2.45, 2.75) is 44.0 Å². The fraction of sp³-hybridized carbons (Fsp3) is 0.379. The summed E-state index contributed by atoms with van der Waals surface area (Å²) in [5, 5.41) is 23.6. The number of anilines is 1. The second kappa shape index (κ2) is 12.1. The normalized spacial score (nSPS) is 13.6. The van der Waals surface area contributed by atoms with E-state index in [1.54, 1.807) is 69.6 Å². The highest BCUT2D eigenvalue weighted by Gasteiger charge is 2.40. The number of aryl methyl sites for hydroxylation is 1. The lowest BCUT2D eigenvalue weighted by molar-refractivity contribution is 0.171. The summed E-state index contributed by atoms with van der Waals surface area (Å²) in [6, 6.07) is 13.1. The first-order chi connectivity index (χ1) is 20.9. The average Bonchev–Trinajstić information content (AvgIpc) is 3.73. The molecule has 0 saturated carbocycles. The van der Waals surface area contributed by atoms with Crippen LogP contribution in [0.15, 0.2) is 61.1 Å². The summed E-state index contributed by atoms with van der Waals surface area (Å²) in [5.74, 6) is 1.16. The molecule has 0 aliphatic carbocycles. The SMILES string of the molecule is COc1cccc(OC)c1-n1c(-c2ccn(C)n2)nnc1N(CC[Si](C)(C)C)S(=O)(=O)[C@@H](C)[C@H](O)c1cn2ccccc2n1. The summed E-state index contributed by atoms with van der Waals surface area (Å²) in [7, 11) is -1.21. The molecule has 0 aliphatic rings. The van der Waals surface area contributed by atoms with Crippen molar-refractivity contribution >= 4 is 29.7 Å². The van der Waals surface area contributed by atoms with E-state index in [1.807, 2.05) is 12.1 Å². The summed E-state index contributed by atoms with van der Waals surface area (Å²) in [6.45, 7) is 8.10. The van der Waals surface area contributed by atoms with Gasteiger partial charge in [-0.3, -0.25) is 9.25 Å². The van der Waals surface area contributed by atoms with Crippen molar-refractivity contribution in [1.29, 1.82) is 0 Å². The number of rotatable bonds is 12. The van der Waals surface area contributed by atoms with Gasteiger partial charge in [0.25, 0.3) is 0 Å². The summed E-state index contributed by atoms with van der Waals surface area (Å²) in [4.78, 5) is 4.48. The quantitative estimate of drug-likeness (QED) is 0.201. The predicted octanol–water partition coefficient (Wildman–Crippen LogP) is 3.93. The van der Waals surface area contributed by atoms with Crippen LogP contribution in [0, 0.1) is 0 Å². The van der Waals surface area contributed by atoms with Crippen LogP contribution < -0.4 is 13.8 Å². The Kier molecular flexibility index (Phi) is 8.55. The summed E-state index contributed by atoms with van der Waals surface area (Å²) >= 11 is 0. The Balaban J connectivity index is 1.70. The number of aliphatic hydroxyl groups excluding tert-OH is 1. The Morgan fingerprint density at radius 2 is 1.70 bits per heavy atom. The number of sulfonamides is 1. The zero-order valence-corrected chi connectivity index (χ0v) is 27.7. The number of benzene rings is 1. The molecule has 2 atom stereocenters. The van der Waals surface area contributed by atoms with E-state index in [0.29, 0.717) is 40.4 Å². The van der Waals surface area contributed by atoms with Crippen molar-refractivity contribution in [2.24, 2.45) is 7.05 Å². The Morgan fingerprint density at radius 1 is 1.00 bits per heavy atom. The van der Waals surface area contributed by atoms with Crippen molar-refractivity contribution in [3.8, 4) is 28.7 Å². The molecule has 234 valence electrons. The van der Waals surface area contributed by atoms with E-state index in [0.717, 1.165) is 0 Å². The number of pyridine rings is 1. The molecule has 0 unspecified atom stereocenters. The molecule has 0 fully saturated rings. The minimum absolute atomic E-state index is 0.0285. The van der Waals surface area contributed by atoms with Crippen LogP contribution in [-0.4, -0.2) is 81.5 Å². The number of imidazole rings is 1. The molecule has 15 heteroatoms. The van der Waals surface area contributed by atoms with Gasteiger partial charge in [-0.1, -0.05) is 31.8 Å². The third-order valence-corrected chi connectivity index (χ3v) is 11.3. The molecule has 4 heterocycles. The van der Waals surface area contributed by atoms with Crippen LogP contribution in [0.3, 0.4) is 0 Å². The fourth-order valence-electron chi connectivity index (χ4n) is 4.87. The first-order valence-corrected chi connectivity index (χ1v) is 19.4. The molecular weight excluding hydrogens is 601 g/mol. The van der Waals surface area contributed by atoms with Gasteiger partial charge in [0.1, 0.15) is 39.9 Å². The number of aliphatic hydroxyl groups is 1. The number of hydrogen-bond donors (Lipinski definition) is 1. The predicted molar refractivity (Wildman–Crippen MR) is 171 cm³/mol. The van der Waals surface area contributed by atoms with Crippen molar-refractivity contribution in [3.05, 3.63) is 66.7 Å². The van der Waals surface area contributed by atoms with Gasteiger partial charge >= 0.3 is 0 Å². The molecule has 4 aromatic heterocycles. The Morgan fingerprint density at radius 3 is 2.30 bits per heavy atom. The third kappa shape index (κ3) is 5.94. The van der Waals surface area contributed by atoms with Gasteiger partial charge in [-0.25, -0.2) is 17.7 Å². The van der Waals surface area contributed by atoms with Gasteiger partial charge in [0.2, 0.25) is 16.0 Å². The van der Waals surface area contributed by atoms with Gasteiger partial charge < -0.3 is 19.0 Å². The Bertz CT molecular complexity index is 1820. The highest BCUT2D eigenvalue weighted by Crippen LogP contribution is 2.39. The molecule has 13 nitrogen and oxygen atoms in total. The smallest absolute Gasteiger partial charge is 0.246 e. The summed E-state index contributed by atoms with van der Waals surface area (Å²) < 4.78 is 46.9. The fourth-order valence-corrected chi connectivity index (χ4v) is 7.49. The maximum absolute atomic E-state index is 14.6. The second-order valence-electron chi connectivity index (χ2n) is 11.8. The molecule has 0 radical (unpaired) electrons. The van der Waals surface area contributed by atoms with Crippen LogP contribution >= 0.6 is 0 Å². The number of fused-ring (bicyclic) bond motifs is 1. The minimum atomic E-state index is -4.27. The number of ether oxygens (including phenoxy) is 2. The van der Waals surface area contributed by atoms with Crippen LogP contribution in [0.25, 0.3) is 22.9 Å². The first kappa shape index (κ1) is 31.2. The highest BCUT2D eigenvalue weighted by molar-refractivity contribution is 7.93. The van der Waals surface area contributed by atoms with Gasteiger partial charge in [0.15, 0.2) is 5.82 Å². The molecule has 5 rings (SSSR count). The molecular formula is C29H38N8O5SSi. The minimum Gasteiger partial charge on any atom is -0.494 e. The number of methoxy groups -OCH3 is 2. The zero-order valence-electron chi connectivity index (χ0n) is 25.9. The van der Waals surface area contributed by atoms with Crippen LogP contribution in [0.1, 0.15) is 18.7 Å². The molecule has 0 bridgehead atoms. The van der Waals surface area contributed by atoms with Crippen molar-refractivity contribution in [1.82, 2.24) is 33.9 Å². The van der Waals surface area contributed by atoms with Crippen LogP contribution in [-0.2, 0) is 17.1 Å². The molecule has 5 aromatic rings. The largest absolute Gasteiger partial charge is 0.494 e. The number of aromatic nitrogens is 7. The lowest BCUT2D eigenvalue weighted by Gasteiger charge is -2.30. The van der Waals surface area contributed by atoms with Gasteiger partial charge in [0, 0.05) is 40.3 Å². The van der Waals surface area contributed by atoms with E-state index in [2.05, 4.69) is 39.9 Å². The molecule has 0 saturated heterocycles. The van der Waals surface area contributed by atoms with Crippen molar-refractivity contribution in [3.63, 3.8) is 0 Å². The standard InChI is InChI=1S/C29H38N8O5SSi/c1-20(27(38)22-19-35-15-9-8-13-25(35)30-22)43(39,40)36(17-18-44(5,6)7)29-32-31-28(21-14-16-34(2)33-21)37(29)26-23(41-3)11-10-12-24(26)42-4/h8-16,19-20,27,38H,17-18H2,1-7H3/t20-,27-/m0/s1. The molecule has 1 aromatic carbocycles. The van der Waals surface area contributed by atoms with Gasteiger partial charge in [-0.05, 0) is 43.3 Å². The Labute approximate surface area is 257 Å². The lowest BCUT2D eigenvalue weighted by Crippen LogP contribution is -2.44. The van der Waals surface area contributed by atoms with Gasteiger partial charge in [-0.2, -0.15) is 5.10 Å². The monoisotopic (exact) mass is 638 g/mol. The molecule has 1 N–H and O–H groups in total. The number of hydrogen-bond acceptors (Lipinski definition) is 9. The first-order valence-electron chi connectivity index (χ1n) is 14.2. The zero-order chi connectivity index (χ0) is 31.8. The lowest BCUT2D eigenvalue weighted by atomic mass is 10.2. The molecule has 0 amide bonds. The maximum atomic E-state index is 14.6. The van der Waals surface area contributed by atoms with Gasteiger partial charge in [-0.15, -0.1) is 10.2 Å². The average molecular weight is 639 g/mol. The van der Waals surface area contributed by atoms with E-state index in [9.17, 15) is 13.5 Å². The van der Waals surface area contributed by atoms with Crippen LogP contribution in [0.4, 0.5) is 5.95 Å². The topological polar surface area (TPSA) is 142 Å². The second-order valence-corrected chi connectivity index (χ2v) is 19.6. The number of para-hydroxylation sites is 1. The van der Waals surface area contributed by atoms with Crippen molar-refractivity contribution < 1.29 is 23.0 Å². The summed E-state index contributed by atoms with van der Waals surface area (Å²) in [6.07, 6.45) is 3.78. The molecule has 0 spiro atoms. The van der Waals surface area contributed by atoms with Crippen LogP contribution in [0.2, 0.25) is 25.7 Å². The van der Waals surface area contributed by atoms with E-state index in [1.165, 1.54) is 25.4 Å². The van der Waals surface area contributed by atoms with E-state index < -0.39 is 29.5 Å². The summed E-state index contributed by atoms with van der Waals surface area (Å²) in [5.41, 5.74) is 1.74. The molecule has 44 heavy (non-hydrogen) atoms. The Hall–Kier alpha value is -4.21. The highest BCUT2D eigenvalue weighted by atomic mass is 32.2. The van der Waals surface area contributed by atoms with E-state index in [4.69, 9.17) is 9.47 Å².